The minimum absolute atomic E-state index is 0.0629. The average Bonchev–Trinajstić information content (AvgIpc) is 2.19. The summed E-state index contributed by atoms with van der Waals surface area (Å²) in [6.07, 6.45) is 0.379. The third-order valence-corrected chi connectivity index (χ3v) is 1.22. The van der Waals surface area contributed by atoms with Crippen molar-refractivity contribution in [3.63, 3.8) is 0 Å². The van der Waals surface area contributed by atoms with E-state index in [4.69, 9.17) is 0 Å². The molecular formula is C8H7NO4. The Morgan fingerprint density at radius 3 is 2.69 bits per heavy atom. The first kappa shape index (κ1) is 9.18. The largest absolute Gasteiger partial charge is 0.516 e. The minimum Gasteiger partial charge on any atom is -0.437 e. The quantitative estimate of drug-likeness (QED) is 0.477. The molecule has 5 heteroatoms. The Bertz CT molecular complexity index is 309. The lowest BCUT2D eigenvalue weighted by Crippen LogP contribution is -2.13. The molecule has 0 saturated heterocycles. The highest BCUT2D eigenvalue weighted by molar-refractivity contribution is 5.93. The van der Waals surface area contributed by atoms with Crippen LogP contribution in [0.25, 0.3) is 0 Å². The maximum Gasteiger partial charge on any atom is 0.516 e. The molecule has 0 atom stereocenters. The van der Waals surface area contributed by atoms with E-state index in [0.29, 0.717) is 0 Å². The molecule has 0 aromatic carbocycles. The van der Waals surface area contributed by atoms with Crippen LogP contribution in [0.15, 0.2) is 24.4 Å². The second kappa shape index (κ2) is 4.20. The molecule has 1 rings (SSSR count). The first-order valence-electron chi connectivity index (χ1n) is 3.45. The van der Waals surface area contributed by atoms with E-state index in [1.54, 1.807) is 12.1 Å². The Labute approximate surface area is 74.3 Å². The zero-order valence-corrected chi connectivity index (χ0v) is 6.89. The Hall–Kier alpha value is -1.91. The molecule has 1 aromatic heterocycles. The van der Waals surface area contributed by atoms with E-state index in [2.05, 4.69) is 14.5 Å². The van der Waals surface area contributed by atoms with Crippen LogP contribution in [0, 0.1) is 0 Å². The van der Waals surface area contributed by atoms with Crippen molar-refractivity contribution in [2.45, 2.75) is 0 Å². The predicted octanol–water partition coefficient (Wildman–Crippen LogP) is 1.00. The fraction of sp³-hybridized carbons (Fsp3) is 0.125. The minimum atomic E-state index is -1.05. The summed E-state index contributed by atoms with van der Waals surface area (Å²) in [7, 11) is 1.12. The van der Waals surface area contributed by atoms with E-state index >= 15 is 0 Å². The van der Waals surface area contributed by atoms with Crippen molar-refractivity contribution < 1.29 is 19.1 Å². The summed E-state index contributed by atoms with van der Waals surface area (Å²) in [5.41, 5.74) is 0.0629. The SMILES string of the molecule is COC(=O)OC(=O)c1ccccn1. The maximum absolute atomic E-state index is 11.0. The molecule has 1 heterocycles. The van der Waals surface area contributed by atoms with Crippen molar-refractivity contribution in [2.24, 2.45) is 0 Å². The molecule has 0 fully saturated rings. The van der Waals surface area contributed by atoms with E-state index in [1.807, 2.05) is 0 Å². The number of carbonyl (C=O) groups excluding carboxylic acids is 2. The molecule has 0 unspecified atom stereocenters. The van der Waals surface area contributed by atoms with E-state index in [-0.39, 0.29) is 5.69 Å². The van der Waals surface area contributed by atoms with Crippen molar-refractivity contribution >= 4 is 12.1 Å². The number of hydrogen-bond donors (Lipinski definition) is 0. The first-order chi connectivity index (χ1) is 6.24. The number of methoxy groups -OCH3 is 1. The van der Waals surface area contributed by atoms with Crippen LogP contribution in [0.4, 0.5) is 4.79 Å². The summed E-state index contributed by atoms with van der Waals surface area (Å²) in [5.74, 6) is -0.826. The van der Waals surface area contributed by atoms with Gasteiger partial charge in [-0.15, -0.1) is 0 Å². The van der Waals surface area contributed by atoms with Crippen molar-refractivity contribution in [3.8, 4) is 0 Å². The third kappa shape index (κ3) is 2.55. The maximum atomic E-state index is 11.0. The second-order valence-corrected chi connectivity index (χ2v) is 2.06. The summed E-state index contributed by atoms with van der Waals surface area (Å²) in [6.45, 7) is 0. The van der Waals surface area contributed by atoms with E-state index in [1.165, 1.54) is 12.3 Å². The van der Waals surface area contributed by atoms with Gasteiger partial charge in [0.15, 0.2) is 0 Å². The van der Waals surface area contributed by atoms with E-state index < -0.39 is 12.1 Å². The van der Waals surface area contributed by atoms with Gasteiger partial charge in [0.05, 0.1) is 7.11 Å². The summed E-state index contributed by atoms with van der Waals surface area (Å²) >= 11 is 0. The van der Waals surface area contributed by atoms with Gasteiger partial charge in [-0.1, -0.05) is 6.07 Å². The fourth-order valence-corrected chi connectivity index (χ4v) is 0.653. The molecular weight excluding hydrogens is 174 g/mol. The van der Waals surface area contributed by atoms with Gasteiger partial charge >= 0.3 is 12.1 Å². The Morgan fingerprint density at radius 1 is 1.38 bits per heavy atom. The van der Waals surface area contributed by atoms with Gasteiger partial charge in [0, 0.05) is 6.20 Å². The summed E-state index contributed by atoms with van der Waals surface area (Å²) in [4.78, 5) is 25.2. The molecule has 0 radical (unpaired) electrons. The van der Waals surface area contributed by atoms with Crippen LogP contribution in [-0.4, -0.2) is 24.2 Å². The number of esters is 1. The highest BCUT2D eigenvalue weighted by Crippen LogP contribution is 1.97. The van der Waals surface area contributed by atoms with Crippen LogP contribution in [0.5, 0.6) is 0 Å². The number of hydrogen-bond acceptors (Lipinski definition) is 5. The number of aromatic nitrogens is 1. The number of nitrogens with zero attached hydrogens (tertiary/aromatic N) is 1. The number of rotatable bonds is 1. The fourth-order valence-electron chi connectivity index (χ4n) is 0.653. The van der Waals surface area contributed by atoms with Crippen LogP contribution in [-0.2, 0) is 9.47 Å². The molecule has 68 valence electrons. The number of pyridine rings is 1. The topological polar surface area (TPSA) is 65.5 Å². The Morgan fingerprint density at radius 2 is 2.15 bits per heavy atom. The Balaban J connectivity index is 2.65. The lowest BCUT2D eigenvalue weighted by molar-refractivity contribution is 0.0446. The van der Waals surface area contributed by atoms with Gasteiger partial charge in [0.1, 0.15) is 5.69 Å². The smallest absolute Gasteiger partial charge is 0.437 e. The average molecular weight is 181 g/mol. The molecule has 0 saturated carbocycles. The van der Waals surface area contributed by atoms with Gasteiger partial charge in [-0.3, -0.25) is 0 Å². The number of carbonyl (C=O) groups is 2. The molecule has 0 spiro atoms. The zero-order chi connectivity index (χ0) is 9.68. The molecule has 0 amide bonds. The van der Waals surface area contributed by atoms with Crippen LogP contribution in [0.3, 0.4) is 0 Å². The zero-order valence-electron chi connectivity index (χ0n) is 6.89. The number of ether oxygens (including phenoxy) is 2. The second-order valence-electron chi connectivity index (χ2n) is 2.06. The van der Waals surface area contributed by atoms with Crippen LogP contribution in [0.1, 0.15) is 10.5 Å². The van der Waals surface area contributed by atoms with Crippen molar-refractivity contribution in [1.82, 2.24) is 4.98 Å². The molecule has 5 nitrogen and oxygen atoms in total. The molecule has 1 aromatic rings. The predicted molar refractivity (Wildman–Crippen MR) is 42.1 cm³/mol. The molecule has 0 aliphatic rings. The highest BCUT2D eigenvalue weighted by Gasteiger charge is 2.13. The summed E-state index contributed by atoms with van der Waals surface area (Å²) in [6, 6.07) is 4.70. The van der Waals surface area contributed by atoms with Crippen LogP contribution in [0.2, 0.25) is 0 Å². The van der Waals surface area contributed by atoms with Crippen molar-refractivity contribution in [3.05, 3.63) is 30.1 Å². The van der Waals surface area contributed by atoms with E-state index in [9.17, 15) is 9.59 Å². The summed E-state index contributed by atoms with van der Waals surface area (Å²) in [5, 5.41) is 0. The molecule has 0 N–H and O–H groups in total. The van der Waals surface area contributed by atoms with Gasteiger partial charge in [-0.25, -0.2) is 14.6 Å². The van der Waals surface area contributed by atoms with Gasteiger partial charge < -0.3 is 9.47 Å². The lowest BCUT2D eigenvalue weighted by atomic mass is 10.4. The molecule has 0 aliphatic heterocycles. The first-order valence-corrected chi connectivity index (χ1v) is 3.45. The molecule has 0 bridgehead atoms. The van der Waals surface area contributed by atoms with Gasteiger partial charge in [-0.2, -0.15) is 0 Å². The third-order valence-electron chi connectivity index (χ3n) is 1.22. The summed E-state index contributed by atoms with van der Waals surface area (Å²) < 4.78 is 8.36. The normalized spacial score (nSPS) is 9.00. The van der Waals surface area contributed by atoms with Crippen LogP contribution < -0.4 is 0 Å². The van der Waals surface area contributed by atoms with Gasteiger partial charge in [0.2, 0.25) is 0 Å². The van der Waals surface area contributed by atoms with E-state index in [0.717, 1.165) is 7.11 Å². The Kier molecular flexibility index (Phi) is 2.97. The molecule has 13 heavy (non-hydrogen) atoms. The lowest BCUT2D eigenvalue weighted by Gasteiger charge is -1.98. The van der Waals surface area contributed by atoms with Crippen LogP contribution >= 0.6 is 0 Å². The van der Waals surface area contributed by atoms with Gasteiger partial charge in [-0.05, 0) is 12.1 Å². The highest BCUT2D eigenvalue weighted by atomic mass is 16.7. The monoisotopic (exact) mass is 181 g/mol. The molecule has 0 aliphatic carbocycles. The van der Waals surface area contributed by atoms with Gasteiger partial charge in [0.25, 0.3) is 0 Å². The van der Waals surface area contributed by atoms with Crippen molar-refractivity contribution in [1.29, 1.82) is 0 Å². The standard InChI is InChI=1S/C8H7NO4/c1-12-8(11)13-7(10)6-4-2-3-5-9-6/h2-5H,1H3. The van der Waals surface area contributed by atoms with Crippen molar-refractivity contribution in [2.75, 3.05) is 7.11 Å².